The molecule has 16 heavy (non-hydrogen) atoms. The van der Waals surface area contributed by atoms with E-state index in [1.807, 2.05) is 13.1 Å². The zero-order valence-electron chi connectivity index (χ0n) is 10.4. The summed E-state index contributed by atoms with van der Waals surface area (Å²) in [5.41, 5.74) is 2.27. The van der Waals surface area contributed by atoms with Gasteiger partial charge in [-0.1, -0.05) is 13.8 Å². The third-order valence-corrected chi connectivity index (χ3v) is 3.27. The lowest BCUT2D eigenvalue weighted by Crippen LogP contribution is -2.40. The number of hydrogen-bond acceptors (Lipinski definition) is 3. The van der Waals surface area contributed by atoms with Crippen LogP contribution in [0.15, 0.2) is 12.3 Å². The molecule has 0 amide bonds. The van der Waals surface area contributed by atoms with E-state index in [9.17, 15) is 0 Å². The Bertz CT molecular complexity index is 361. The minimum Gasteiger partial charge on any atom is -0.488 e. The van der Waals surface area contributed by atoms with E-state index in [-0.39, 0.29) is 0 Å². The van der Waals surface area contributed by atoms with Crippen LogP contribution in [0.25, 0.3) is 0 Å². The van der Waals surface area contributed by atoms with E-state index in [1.54, 1.807) is 0 Å². The number of ether oxygens (including phenoxy) is 1. The highest BCUT2D eigenvalue weighted by molar-refractivity contribution is 5.60. The SMILES string of the molecule is CCC(CC)N1CCOc2cnc(C)cc21. The first-order valence-corrected chi connectivity index (χ1v) is 6.12. The van der Waals surface area contributed by atoms with Gasteiger partial charge in [0.15, 0.2) is 5.75 Å². The zero-order chi connectivity index (χ0) is 11.5. The molecular weight excluding hydrogens is 200 g/mol. The lowest BCUT2D eigenvalue weighted by molar-refractivity contribution is 0.296. The van der Waals surface area contributed by atoms with Gasteiger partial charge >= 0.3 is 0 Å². The van der Waals surface area contributed by atoms with Gasteiger partial charge in [-0.2, -0.15) is 0 Å². The maximum atomic E-state index is 5.64. The van der Waals surface area contributed by atoms with Crippen LogP contribution in [0.3, 0.4) is 0 Å². The van der Waals surface area contributed by atoms with Gasteiger partial charge in [0.05, 0.1) is 18.4 Å². The Morgan fingerprint density at radius 1 is 1.44 bits per heavy atom. The van der Waals surface area contributed by atoms with Gasteiger partial charge in [-0.05, 0) is 25.8 Å². The van der Waals surface area contributed by atoms with Crippen LogP contribution in [0, 0.1) is 6.92 Å². The fourth-order valence-electron chi connectivity index (χ4n) is 2.35. The molecule has 0 saturated heterocycles. The molecule has 1 aliphatic rings. The molecule has 0 unspecified atom stereocenters. The number of rotatable bonds is 3. The van der Waals surface area contributed by atoms with E-state index in [2.05, 4.69) is 29.8 Å². The maximum Gasteiger partial charge on any atom is 0.160 e. The Morgan fingerprint density at radius 3 is 2.88 bits per heavy atom. The molecule has 0 radical (unpaired) electrons. The predicted molar refractivity (Wildman–Crippen MR) is 66.2 cm³/mol. The van der Waals surface area contributed by atoms with E-state index < -0.39 is 0 Å². The van der Waals surface area contributed by atoms with Crippen LogP contribution in [-0.2, 0) is 0 Å². The van der Waals surface area contributed by atoms with E-state index in [1.165, 1.54) is 18.5 Å². The smallest absolute Gasteiger partial charge is 0.160 e. The van der Waals surface area contributed by atoms with Crippen LogP contribution in [0.4, 0.5) is 5.69 Å². The molecule has 0 fully saturated rings. The minimum atomic E-state index is 0.615. The summed E-state index contributed by atoms with van der Waals surface area (Å²) in [6.07, 6.45) is 4.20. The van der Waals surface area contributed by atoms with Crippen molar-refractivity contribution in [2.75, 3.05) is 18.1 Å². The van der Waals surface area contributed by atoms with E-state index in [0.717, 1.165) is 24.6 Å². The van der Waals surface area contributed by atoms with Gasteiger partial charge in [0.1, 0.15) is 6.61 Å². The second-order valence-corrected chi connectivity index (χ2v) is 4.31. The van der Waals surface area contributed by atoms with Crippen molar-refractivity contribution in [2.45, 2.75) is 39.7 Å². The van der Waals surface area contributed by atoms with Gasteiger partial charge in [0.2, 0.25) is 0 Å². The van der Waals surface area contributed by atoms with Gasteiger partial charge in [-0.25, -0.2) is 0 Å². The Kier molecular flexibility index (Phi) is 3.32. The summed E-state index contributed by atoms with van der Waals surface area (Å²) in [7, 11) is 0. The Morgan fingerprint density at radius 2 is 2.19 bits per heavy atom. The molecule has 0 saturated carbocycles. The Labute approximate surface area is 97.4 Å². The molecule has 1 aromatic rings. The van der Waals surface area contributed by atoms with Crippen molar-refractivity contribution in [3.8, 4) is 5.75 Å². The summed E-state index contributed by atoms with van der Waals surface area (Å²) in [5.74, 6) is 0.934. The van der Waals surface area contributed by atoms with Crippen molar-refractivity contribution in [1.82, 2.24) is 4.98 Å². The van der Waals surface area contributed by atoms with Crippen LogP contribution < -0.4 is 9.64 Å². The van der Waals surface area contributed by atoms with Crippen LogP contribution >= 0.6 is 0 Å². The molecule has 3 heteroatoms. The second-order valence-electron chi connectivity index (χ2n) is 4.31. The standard InChI is InChI=1S/C13H20N2O/c1-4-11(5-2)15-6-7-16-13-9-14-10(3)8-12(13)15/h8-9,11H,4-7H2,1-3H3. The molecule has 0 atom stereocenters. The molecule has 0 bridgehead atoms. The molecule has 3 nitrogen and oxygen atoms in total. The lowest BCUT2D eigenvalue weighted by Gasteiger charge is -2.37. The van der Waals surface area contributed by atoms with Gasteiger partial charge in [-0.15, -0.1) is 0 Å². The molecule has 0 spiro atoms. The van der Waals surface area contributed by atoms with Crippen molar-refractivity contribution in [3.05, 3.63) is 18.0 Å². The third kappa shape index (κ3) is 1.99. The van der Waals surface area contributed by atoms with Crippen LogP contribution in [0.2, 0.25) is 0 Å². The average Bonchev–Trinajstić information content (AvgIpc) is 2.31. The molecular formula is C13H20N2O. The minimum absolute atomic E-state index is 0.615. The first-order chi connectivity index (χ1) is 7.76. The molecule has 0 N–H and O–H groups in total. The first-order valence-electron chi connectivity index (χ1n) is 6.12. The van der Waals surface area contributed by atoms with Crippen molar-refractivity contribution in [3.63, 3.8) is 0 Å². The summed E-state index contributed by atoms with van der Waals surface area (Å²) in [4.78, 5) is 6.75. The molecule has 0 aliphatic carbocycles. The summed E-state index contributed by atoms with van der Waals surface area (Å²) in [5, 5.41) is 0. The molecule has 1 aromatic heterocycles. The van der Waals surface area contributed by atoms with Gasteiger partial charge in [0, 0.05) is 11.7 Å². The fourth-order valence-corrected chi connectivity index (χ4v) is 2.35. The van der Waals surface area contributed by atoms with E-state index in [0.29, 0.717) is 6.04 Å². The fraction of sp³-hybridized carbons (Fsp3) is 0.615. The quantitative estimate of drug-likeness (QED) is 0.783. The van der Waals surface area contributed by atoms with Crippen molar-refractivity contribution < 1.29 is 4.74 Å². The van der Waals surface area contributed by atoms with Crippen molar-refractivity contribution in [2.24, 2.45) is 0 Å². The number of nitrogens with zero attached hydrogens (tertiary/aromatic N) is 2. The average molecular weight is 220 g/mol. The second kappa shape index (κ2) is 4.73. The summed E-state index contributed by atoms with van der Waals surface area (Å²) in [6, 6.07) is 2.75. The number of anilines is 1. The highest BCUT2D eigenvalue weighted by atomic mass is 16.5. The first kappa shape index (κ1) is 11.2. The van der Waals surface area contributed by atoms with Gasteiger partial charge in [0.25, 0.3) is 0 Å². The van der Waals surface area contributed by atoms with Gasteiger partial charge < -0.3 is 9.64 Å². The summed E-state index contributed by atoms with van der Waals surface area (Å²) in [6.45, 7) is 8.28. The van der Waals surface area contributed by atoms with E-state index >= 15 is 0 Å². The highest BCUT2D eigenvalue weighted by Crippen LogP contribution is 2.33. The third-order valence-electron chi connectivity index (χ3n) is 3.27. The topological polar surface area (TPSA) is 25.4 Å². The Balaban J connectivity index is 2.34. The summed E-state index contributed by atoms with van der Waals surface area (Å²) < 4.78 is 5.64. The number of pyridine rings is 1. The number of aromatic nitrogens is 1. The Hall–Kier alpha value is -1.25. The molecule has 1 aliphatic heterocycles. The lowest BCUT2D eigenvalue weighted by atomic mass is 10.1. The van der Waals surface area contributed by atoms with Gasteiger partial charge in [-0.3, -0.25) is 4.98 Å². The summed E-state index contributed by atoms with van der Waals surface area (Å²) >= 11 is 0. The van der Waals surface area contributed by atoms with Crippen molar-refractivity contribution >= 4 is 5.69 Å². The number of hydrogen-bond donors (Lipinski definition) is 0. The monoisotopic (exact) mass is 220 g/mol. The van der Waals surface area contributed by atoms with Crippen LogP contribution in [0.5, 0.6) is 5.75 Å². The predicted octanol–water partition coefficient (Wildman–Crippen LogP) is 2.78. The zero-order valence-corrected chi connectivity index (χ0v) is 10.4. The number of aryl methyl sites for hydroxylation is 1. The van der Waals surface area contributed by atoms with Crippen LogP contribution in [-0.4, -0.2) is 24.2 Å². The van der Waals surface area contributed by atoms with Crippen LogP contribution in [0.1, 0.15) is 32.4 Å². The molecule has 2 rings (SSSR count). The maximum absolute atomic E-state index is 5.64. The van der Waals surface area contributed by atoms with E-state index in [4.69, 9.17) is 4.74 Å². The molecule has 2 heterocycles. The highest BCUT2D eigenvalue weighted by Gasteiger charge is 2.23. The van der Waals surface area contributed by atoms with Crippen molar-refractivity contribution in [1.29, 1.82) is 0 Å². The number of fused-ring (bicyclic) bond motifs is 1. The largest absolute Gasteiger partial charge is 0.488 e. The molecule has 88 valence electrons. The molecule has 0 aromatic carbocycles. The normalized spacial score (nSPS) is 14.9.